The Morgan fingerprint density at radius 1 is 0.429 bits per heavy atom. The lowest BCUT2D eigenvalue weighted by Gasteiger charge is -2.23. The Balaban J connectivity index is 2.02. The van der Waals surface area contributed by atoms with Gasteiger partial charge >= 0.3 is 0 Å². The first-order valence-electron chi connectivity index (χ1n) is 11.9. The maximum Gasteiger partial charge on any atom is 0.0860 e. The minimum atomic E-state index is 0.969. The molecule has 0 aliphatic heterocycles. The summed E-state index contributed by atoms with van der Waals surface area (Å²) in [5.41, 5.74) is 13.9. The number of halogens is 1. The standard InChI is InChI=1S/C33H28BrN/c1-21-13-5-9-17-25(21)29-30(26-18-10-6-14-22(26)2)32(27-19-11-7-15-23(27)3)35-33(31(29)34)28-20-12-8-16-24(28)4/h5-20H,1-4H3. The largest absolute Gasteiger partial charge is 0.246 e. The second-order valence-corrected chi connectivity index (χ2v) is 9.93. The van der Waals surface area contributed by atoms with E-state index < -0.39 is 0 Å². The molecule has 0 saturated heterocycles. The fourth-order valence-corrected chi connectivity index (χ4v) is 5.55. The van der Waals surface area contributed by atoms with Crippen LogP contribution in [0, 0.1) is 27.7 Å². The number of nitrogens with zero attached hydrogens (tertiary/aromatic N) is 1. The highest BCUT2D eigenvalue weighted by Crippen LogP contribution is 2.48. The van der Waals surface area contributed by atoms with Crippen molar-refractivity contribution in [3.63, 3.8) is 0 Å². The van der Waals surface area contributed by atoms with Crippen LogP contribution < -0.4 is 0 Å². The van der Waals surface area contributed by atoms with Gasteiger partial charge in [0.05, 0.1) is 15.9 Å². The predicted molar refractivity (Wildman–Crippen MR) is 153 cm³/mol. The molecule has 0 N–H and O–H groups in total. The molecule has 0 saturated carbocycles. The van der Waals surface area contributed by atoms with E-state index in [9.17, 15) is 0 Å². The number of pyridine rings is 1. The molecule has 0 amide bonds. The quantitative estimate of drug-likeness (QED) is 0.231. The maximum absolute atomic E-state index is 5.42. The van der Waals surface area contributed by atoms with Crippen LogP contribution in [0.15, 0.2) is 102 Å². The summed E-state index contributed by atoms with van der Waals surface area (Å²) >= 11 is 4.06. The first kappa shape index (κ1) is 23.3. The third kappa shape index (κ3) is 4.24. The highest BCUT2D eigenvalue weighted by Gasteiger charge is 2.25. The molecule has 0 fully saturated rings. The number of hydrogen-bond donors (Lipinski definition) is 0. The van der Waals surface area contributed by atoms with Gasteiger partial charge in [-0.3, -0.25) is 0 Å². The van der Waals surface area contributed by atoms with E-state index in [-0.39, 0.29) is 0 Å². The molecule has 0 bridgehead atoms. The van der Waals surface area contributed by atoms with E-state index in [1.807, 2.05) is 0 Å². The van der Waals surface area contributed by atoms with Gasteiger partial charge in [0.1, 0.15) is 0 Å². The highest BCUT2D eigenvalue weighted by atomic mass is 79.9. The Morgan fingerprint density at radius 3 is 1.20 bits per heavy atom. The average Bonchev–Trinajstić information content (AvgIpc) is 2.86. The summed E-state index contributed by atoms with van der Waals surface area (Å²) in [6.07, 6.45) is 0. The summed E-state index contributed by atoms with van der Waals surface area (Å²) in [5, 5.41) is 0. The Hall–Kier alpha value is -3.49. The lowest BCUT2D eigenvalue weighted by atomic mass is 9.85. The van der Waals surface area contributed by atoms with Crippen molar-refractivity contribution in [1.29, 1.82) is 0 Å². The van der Waals surface area contributed by atoms with Crippen LogP contribution in [-0.2, 0) is 0 Å². The molecule has 35 heavy (non-hydrogen) atoms. The van der Waals surface area contributed by atoms with Crippen LogP contribution >= 0.6 is 15.9 Å². The fraction of sp³-hybridized carbons (Fsp3) is 0.121. The van der Waals surface area contributed by atoms with E-state index in [0.29, 0.717) is 0 Å². The Labute approximate surface area is 216 Å². The van der Waals surface area contributed by atoms with Gasteiger partial charge < -0.3 is 0 Å². The Morgan fingerprint density at radius 2 is 0.771 bits per heavy atom. The number of aromatic nitrogens is 1. The van der Waals surface area contributed by atoms with Gasteiger partial charge in [-0.15, -0.1) is 0 Å². The van der Waals surface area contributed by atoms with Crippen LogP contribution in [0.1, 0.15) is 22.3 Å². The fourth-order valence-electron chi connectivity index (χ4n) is 4.84. The van der Waals surface area contributed by atoms with Crippen LogP contribution in [0.2, 0.25) is 0 Å². The van der Waals surface area contributed by atoms with Crippen LogP contribution in [0.3, 0.4) is 0 Å². The molecule has 1 heterocycles. The van der Waals surface area contributed by atoms with Crippen LogP contribution in [0.25, 0.3) is 44.8 Å². The van der Waals surface area contributed by atoms with Crippen molar-refractivity contribution in [2.45, 2.75) is 27.7 Å². The molecule has 0 spiro atoms. The van der Waals surface area contributed by atoms with Crippen molar-refractivity contribution in [3.05, 3.63) is 124 Å². The summed E-state index contributed by atoms with van der Waals surface area (Å²) in [4.78, 5) is 5.42. The smallest absolute Gasteiger partial charge is 0.0860 e. The molecule has 1 nitrogen and oxygen atoms in total. The van der Waals surface area contributed by atoms with Crippen molar-refractivity contribution in [1.82, 2.24) is 4.98 Å². The van der Waals surface area contributed by atoms with Crippen molar-refractivity contribution in [3.8, 4) is 44.8 Å². The first-order chi connectivity index (χ1) is 17.0. The molecule has 5 aromatic rings. The third-order valence-electron chi connectivity index (χ3n) is 6.77. The summed E-state index contributed by atoms with van der Waals surface area (Å²) in [7, 11) is 0. The van der Waals surface area contributed by atoms with Gasteiger partial charge in [-0.25, -0.2) is 4.98 Å². The van der Waals surface area contributed by atoms with Crippen LogP contribution in [0.5, 0.6) is 0 Å². The summed E-state index contributed by atoms with van der Waals surface area (Å²) in [6.45, 7) is 8.69. The number of benzene rings is 4. The summed E-state index contributed by atoms with van der Waals surface area (Å²) in [6, 6.07) is 34.3. The lowest BCUT2D eigenvalue weighted by molar-refractivity contribution is 1.27. The van der Waals surface area contributed by atoms with Crippen molar-refractivity contribution >= 4 is 15.9 Å². The topological polar surface area (TPSA) is 12.9 Å². The van der Waals surface area contributed by atoms with Gasteiger partial charge in [0, 0.05) is 22.3 Å². The van der Waals surface area contributed by atoms with Gasteiger partial charge in [-0.05, 0) is 77.0 Å². The monoisotopic (exact) mass is 517 g/mol. The average molecular weight is 518 g/mol. The van der Waals surface area contributed by atoms with Crippen molar-refractivity contribution < 1.29 is 0 Å². The Kier molecular flexibility index (Phi) is 6.40. The van der Waals surface area contributed by atoms with E-state index in [0.717, 1.165) is 32.6 Å². The van der Waals surface area contributed by atoms with E-state index >= 15 is 0 Å². The van der Waals surface area contributed by atoms with Gasteiger partial charge in [0.15, 0.2) is 0 Å². The molecule has 5 rings (SSSR count). The molecule has 2 heteroatoms. The Bertz CT molecular complexity index is 1550. The van der Waals surface area contributed by atoms with E-state index in [1.165, 1.54) is 38.9 Å². The van der Waals surface area contributed by atoms with Gasteiger partial charge in [-0.2, -0.15) is 0 Å². The van der Waals surface area contributed by atoms with Gasteiger partial charge in [-0.1, -0.05) is 97.1 Å². The molecule has 0 atom stereocenters. The SMILES string of the molecule is Cc1ccccc1-c1nc(-c2ccccc2C)c(-c2ccccc2C)c(-c2ccccc2C)c1Br. The molecule has 0 aliphatic carbocycles. The van der Waals surface area contributed by atoms with Crippen molar-refractivity contribution in [2.24, 2.45) is 0 Å². The zero-order valence-corrected chi connectivity index (χ0v) is 22.1. The minimum Gasteiger partial charge on any atom is -0.246 e. The predicted octanol–water partition coefficient (Wildman–Crippen LogP) is 9.75. The third-order valence-corrected chi connectivity index (χ3v) is 7.54. The zero-order chi connectivity index (χ0) is 24.5. The normalized spacial score (nSPS) is 11.0. The number of aryl methyl sites for hydroxylation is 4. The maximum atomic E-state index is 5.42. The zero-order valence-electron chi connectivity index (χ0n) is 20.6. The van der Waals surface area contributed by atoms with Crippen molar-refractivity contribution in [2.75, 3.05) is 0 Å². The molecule has 0 unspecified atom stereocenters. The second-order valence-electron chi connectivity index (χ2n) is 9.13. The van der Waals surface area contributed by atoms with Gasteiger partial charge in [0.2, 0.25) is 0 Å². The van der Waals surface area contributed by atoms with Crippen LogP contribution in [-0.4, -0.2) is 4.98 Å². The van der Waals surface area contributed by atoms with Gasteiger partial charge in [0.25, 0.3) is 0 Å². The number of hydrogen-bond acceptors (Lipinski definition) is 1. The summed E-state index contributed by atoms with van der Waals surface area (Å²) in [5.74, 6) is 0. The first-order valence-corrected chi connectivity index (χ1v) is 12.7. The molecule has 172 valence electrons. The molecule has 4 aromatic carbocycles. The molecule has 1 aromatic heterocycles. The second kappa shape index (κ2) is 9.64. The molecular weight excluding hydrogens is 490 g/mol. The van der Waals surface area contributed by atoms with Crippen LogP contribution in [0.4, 0.5) is 0 Å². The molecular formula is C33H28BrN. The van der Waals surface area contributed by atoms with E-state index in [1.54, 1.807) is 0 Å². The van der Waals surface area contributed by atoms with E-state index in [2.05, 4.69) is 141 Å². The lowest BCUT2D eigenvalue weighted by Crippen LogP contribution is -2.02. The number of rotatable bonds is 4. The minimum absolute atomic E-state index is 0.969. The molecule has 0 aliphatic rings. The van der Waals surface area contributed by atoms with E-state index in [4.69, 9.17) is 4.98 Å². The summed E-state index contributed by atoms with van der Waals surface area (Å²) < 4.78 is 1.02. The molecule has 0 radical (unpaired) electrons. The highest BCUT2D eigenvalue weighted by molar-refractivity contribution is 9.10.